The fraction of sp³-hybridized carbons (Fsp3) is 0.625. The van der Waals surface area contributed by atoms with Crippen LogP contribution in [0.4, 0.5) is 0 Å². The van der Waals surface area contributed by atoms with E-state index in [1.807, 2.05) is 12.1 Å². The van der Waals surface area contributed by atoms with Gasteiger partial charge in [0.2, 0.25) is 0 Å². The molecule has 1 saturated heterocycles. The first-order valence-electron chi connectivity index (χ1n) is 7.41. The molecule has 1 aromatic carbocycles. The van der Waals surface area contributed by atoms with E-state index in [1.54, 1.807) is 0 Å². The van der Waals surface area contributed by atoms with Gasteiger partial charge >= 0.3 is 0 Å². The molecule has 20 heavy (non-hydrogen) atoms. The van der Waals surface area contributed by atoms with E-state index in [1.165, 1.54) is 12.0 Å². The fourth-order valence-corrected chi connectivity index (χ4v) is 3.17. The van der Waals surface area contributed by atoms with Crippen LogP contribution in [0.5, 0.6) is 0 Å². The van der Waals surface area contributed by atoms with Crippen LogP contribution in [0, 0.1) is 11.8 Å². The number of hydrogen-bond acceptors (Lipinski definition) is 2. The normalized spacial score (nSPS) is 19.2. The smallest absolute Gasteiger partial charge is 0.0595 e. The summed E-state index contributed by atoms with van der Waals surface area (Å²) in [5.74, 6) is 1.45. The Balaban J connectivity index is 1.99. The van der Waals surface area contributed by atoms with E-state index >= 15 is 0 Å². The number of nitrogens with one attached hydrogen (secondary N) is 1. The summed E-state index contributed by atoms with van der Waals surface area (Å²) in [5.41, 5.74) is 1.24. The van der Waals surface area contributed by atoms with E-state index in [0.717, 1.165) is 38.6 Å². The predicted octanol–water partition coefficient (Wildman–Crippen LogP) is 4.06. The molecule has 1 N–H and O–H groups in total. The van der Waals surface area contributed by atoms with Gasteiger partial charge < -0.3 is 5.32 Å². The van der Waals surface area contributed by atoms with Crippen molar-refractivity contribution in [3.63, 3.8) is 0 Å². The van der Waals surface area contributed by atoms with Gasteiger partial charge in [-0.15, -0.1) is 0 Å². The van der Waals surface area contributed by atoms with Crippen molar-refractivity contribution in [3.8, 4) is 0 Å². The Morgan fingerprint density at radius 3 is 2.70 bits per heavy atom. The first-order chi connectivity index (χ1) is 9.54. The van der Waals surface area contributed by atoms with Crippen LogP contribution in [-0.4, -0.2) is 31.1 Å². The van der Waals surface area contributed by atoms with Crippen LogP contribution in [-0.2, 0) is 6.54 Å². The summed E-state index contributed by atoms with van der Waals surface area (Å²) in [7, 11) is 0. The zero-order chi connectivity index (χ0) is 14.5. The number of nitrogens with zero attached hydrogens (tertiary/aromatic N) is 1. The molecule has 2 nitrogen and oxygen atoms in total. The average molecular weight is 315 g/mol. The minimum Gasteiger partial charge on any atom is -0.316 e. The second kappa shape index (κ2) is 7.65. The van der Waals surface area contributed by atoms with Crippen molar-refractivity contribution in [2.75, 3.05) is 26.2 Å². The highest BCUT2D eigenvalue weighted by atomic mass is 35.5. The molecular weight excluding hydrogens is 291 g/mol. The maximum Gasteiger partial charge on any atom is 0.0595 e. The molecule has 4 heteroatoms. The monoisotopic (exact) mass is 314 g/mol. The molecule has 1 aliphatic rings. The van der Waals surface area contributed by atoms with Gasteiger partial charge in [-0.2, -0.15) is 0 Å². The van der Waals surface area contributed by atoms with E-state index in [4.69, 9.17) is 23.2 Å². The highest BCUT2D eigenvalue weighted by Gasteiger charge is 2.19. The van der Waals surface area contributed by atoms with Gasteiger partial charge in [-0.05, 0) is 49.0 Å². The topological polar surface area (TPSA) is 15.3 Å². The van der Waals surface area contributed by atoms with Crippen LogP contribution < -0.4 is 5.32 Å². The summed E-state index contributed by atoms with van der Waals surface area (Å²) in [6.45, 7) is 10.1. The van der Waals surface area contributed by atoms with Crippen molar-refractivity contribution in [1.82, 2.24) is 10.2 Å². The van der Waals surface area contributed by atoms with Crippen molar-refractivity contribution in [2.24, 2.45) is 11.8 Å². The molecule has 1 fully saturated rings. The molecule has 0 saturated carbocycles. The first-order valence-corrected chi connectivity index (χ1v) is 8.17. The average Bonchev–Trinajstić information content (AvgIpc) is 2.86. The molecule has 1 aromatic rings. The number of halogens is 2. The van der Waals surface area contributed by atoms with Crippen LogP contribution in [0.3, 0.4) is 0 Å². The van der Waals surface area contributed by atoms with Gasteiger partial charge in [0.25, 0.3) is 0 Å². The van der Waals surface area contributed by atoms with E-state index in [2.05, 4.69) is 30.1 Å². The zero-order valence-electron chi connectivity index (χ0n) is 12.3. The zero-order valence-corrected chi connectivity index (χ0v) is 13.8. The van der Waals surface area contributed by atoms with Gasteiger partial charge in [-0.3, -0.25) is 4.90 Å². The summed E-state index contributed by atoms with van der Waals surface area (Å²) in [5, 5.41) is 4.73. The van der Waals surface area contributed by atoms with Gasteiger partial charge in [0, 0.05) is 19.6 Å². The van der Waals surface area contributed by atoms with Gasteiger partial charge in [0.1, 0.15) is 0 Å². The lowest BCUT2D eigenvalue weighted by molar-refractivity contribution is 0.205. The van der Waals surface area contributed by atoms with E-state index in [-0.39, 0.29) is 0 Å². The molecular formula is C16H24Cl2N2. The summed E-state index contributed by atoms with van der Waals surface area (Å²) < 4.78 is 0. The summed E-state index contributed by atoms with van der Waals surface area (Å²) in [4.78, 5) is 2.54. The molecule has 1 aliphatic heterocycles. The van der Waals surface area contributed by atoms with Crippen LogP contribution in [0.15, 0.2) is 18.2 Å². The standard InChI is InChI=1S/C16H24Cl2N2/c1-12(2)9-20(11-14-5-6-19-8-14)10-13-3-4-15(17)16(18)7-13/h3-4,7,12,14,19H,5-6,8-11H2,1-2H3/t14-/m0/s1. The quantitative estimate of drug-likeness (QED) is 0.851. The molecule has 1 atom stereocenters. The summed E-state index contributed by atoms with van der Waals surface area (Å²) in [6, 6.07) is 5.96. The highest BCUT2D eigenvalue weighted by molar-refractivity contribution is 6.42. The Morgan fingerprint density at radius 2 is 2.10 bits per heavy atom. The lowest BCUT2D eigenvalue weighted by Crippen LogP contribution is -2.33. The third kappa shape index (κ3) is 4.92. The molecule has 0 bridgehead atoms. The Morgan fingerprint density at radius 1 is 1.30 bits per heavy atom. The van der Waals surface area contributed by atoms with Crippen LogP contribution >= 0.6 is 23.2 Å². The highest BCUT2D eigenvalue weighted by Crippen LogP contribution is 2.24. The van der Waals surface area contributed by atoms with Crippen LogP contribution in [0.2, 0.25) is 10.0 Å². The lowest BCUT2D eigenvalue weighted by atomic mass is 10.1. The van der Waals surface area contributed by atoms with E-state index in [0.29, 0.717) is 16.0 Å². The van der Waals surface area contributed by atoms with Crippen molar-refractivity contribution in [2.45, 2.75) is 26.8 Å². The summed E-state index contributed by atoms with van der Waals surface area (Å²) in [6.07, 6.45) is 1.29. The Bertz CT molecular complexity index is 428. The number of hydrogen-bond donors (Lipinski definition) is 1. The van der Waals surface area contributed by atoms with Crippen molar-refractivity contribution in [3.05, 3.63) is 33.8 Å². The van der Waals surface area contributed by atoms with Gasteiger partial charge in [0.05, 0.1) is 10.0 Å². The lowest BCUT2D eigenvalue weighted by Gasteiger charge is -2.27. The molecule has 0 spiro atoms. The van der Waals surface area contributed by atoms with E-state index < -0.39 is 0 Å². The van der Waals surface area contributed by atoms with Crippen LogP contribution in [0.1, 0.15) is 25.8 Å². The number of benzene rings is 1. The van der Waals surface area contributed by atoms with Crippen molar-refractivity contribution >= 4 is 23.2 Å². The molecule has 0 aliphatic carbocycles. The minimum absolute atomic E-state index is 0.630. The van der Waals surface area contributed by atoms with Gasteiger partial charge in [-0.1, -0.05) is 43.1 Å². The Hall–Kier alpha value is -0.280. The maximum absolute atomic E-state index is 6.11. The second-order valence-electron chi connectivity index (χ2n) is 6.20. The van der Waals surface area contributed by atoms with Crippen LogP contribution in [0.25, 0.3) is 0 Å². The molecule has 0 unspecified atom stereocenters. The molecule has 112 valence electrons. The molecule has 0 amide bonds. The summed E-state index contributed by atoms with van der Waals surface area (Å²) >= 11 is 12.1. The van der Waals surface area contributed by atoms with Crippen molar-refractivity contribution in [1.29, 1.82) is 0 Å². The van der Waals surface area contributed by atoms with Gasteiger partial charge in [0.15, 0.2) is 0 Å². The molecule has 2 rings (SSSR count). The maximum atomic E-state index is 6.11. The molecule has 0 radical (unpaired) electrons. The fourth-order valence-electron chi connectivity index (χ4n) is 2.85. The molecule has 0 aromatic heterocycles. The minimum atomic E-state index is 0.630. The SMILES string of the molecule is CC(C)CN(Cc1ccc(Cl)c(Cl)c1)C[C@H]1CCNC1. The molecule has 1 heterocycles. The Labute approximate surface area is 132 Å². The van der Waals surface area contributed by atoms with Gasteiger partial charge in [-0.25, -0.2) is 0 Å². The largest absolute Gasteiger partial charge is 0.316 e. The first kappa shape index (κ1) is 16.1. The van der Waals surface area contributed by atoms with E-state index in [9.17, 15) is 0 Å². The third-order valence-electron chi connectivity index (χ3n) is 3.69. The predicted molar refractivity (Wildman–Crippen MR) is 87.6 cm³/mol. The third-order valence-corrected chi connectivity index (χ3v) is 4.43. The Kier molecular flexibility index (Phi) is 6.16. The van der Waals surface area contributed by atoms with Crippen molar-refractivity contribution < 1.29 is 0 Å². The number of rotatable bonds is 6. The second-order valence-corrected chi connectivity index (χ2v) is 7.01.